The molecule has 0 spiro atoms. The van der Waals surface area contributed by atoms with Crippen molar-refractivity contribution in [3.63, 3.8) is 0 Å². The normalized spacial score (nSPS) is 10.8. The number of rotatable bonds is 7. The van der Waals surface area contributed by atoms with Crippen LogP contribution in [0.1, 0.15) is 33.1 Å². The third kappa shape index (κ3) is 7.95. The standard InChI is InChI=1S/C11H19NO3/c1-11(2,9-12)6-5-10(13)15-8-4-7-14-3/h4-8H2,1-3H3. The smallest absolute Gasteiger partial charge is 0.305 e. The molecule has 0 unspecified atom stereocenters. The van der Waals surface area contributed by atoms with Gasteiger partial charge < -0.3 is 9.47 Å². The Morgan fingerprint density at radius 1 is 1.40 bits per heavy atom. The third-order valence-electron chi connectivity index (χ3n) is 2.01. The summed E-state index contributed by atoms with van der Waals surface area (Å²) in [5.41, 5.74) is -0.453. The fourth-order valence-electron chi connectivity index (χ4n) is 0.932. The Kier molecular flexibility index (Phi) is 6.72. The number of hydrogen-bond donors (Lipinski definition) is 0. The number of esters is 1. The summed E-state index contributed by atoms with van der Waals surface area (Å²) in [6, 6.07) is 2.15. The summed E-state index contributed by atoms with van der Waals surface area (Å²) in [5.74, 6) is -0.241. The predicted octanol–water partition coefficient (Wildman–Crippen LogP) is 1.90. The Bertz CT molecular complexity index is 230. The lowest BCUT2D eigenvalue weighted by molar-refractivity contribution is -0.144. The van der Waals surface area contributed by atoms with Crippen LogP contribution in [0.25, 0.3) is 0 Å². The molecule has 0 radical (unpaired) electrons. The first-order valence-corrected chi connectivity index (χ1v) is 5.07. The van der Waals surface area contributed by atoms with E-state index in [0.717, 1.165) is 0 Å². The summed E-state index contributed by atoms with van der Waals surface area (Å²) in [4.78, 5) is 11.2. The average molecular weight is 213 g/mol. The van der Waals surface area contributed by atoms with Crippen molar-refractivity contribution in [1.29, 1.82) is 5.26 Å². The van der Waals surface area contributed by atoms with E-state index in [0.29, 0.717) is 32.5 Å². The van der Waals surface area contributed by atoms with Crippen LogP contribution in [0.5, 0.6) is 0 Å². The number of hydrogen-bond acceptors (Lipinski definition) is 4. The lowest BCUT2D eigenvalue weighted by Gasteiger charge is -2.13. The van der Waals surface area contributed by atoms with Crippen molar-refractivity contribution in [1.82, 2.24) is 0 Å². The predicted molar refractivity (Wildman–Crippen MR) is 56.1 cm³/mol. The van der Waals surface area contributed by atoms with Crippen LogP contribution in [0.2, 0.25) is 0 Å². The van der Waals surface area contributed by atoms with Gasteiger partial charge in [-0.2, -0.15) is 5.26 Å². The van der Waals surface area contributed by atoms with Gasteiger partial charge in [0, 0.05) is 26.6 Å². The van der Waals surface area contributed by atoms with Crippen molar-refractivity contribution < 1.29 is 14.3 Å². The first kappa shape index (κ1) is 13.9. The van der Waals surface area contributed by atoms with Crippen LogP contribution in [0.3, 0.4) is 0 Å². The number of ether oxygens (including phenoxy) is 2. The monoisotopic (exact) mass is 213 g/mol. The molecule has 0 heterocycles. The molecule has 0 aromatic heterocycles. The van der Waals surface area contributed by atoms with Crippen molar-refractivity contribution in [3.05, 3.63) is 0 Å². The number of nitrogens with zero attached hydrogens (tertiary/aromatic N) is 1. The Hall–Kier alpha value is -1.08. The van der Waals surface area contributed by atoms with Gasteiger partial charge in [0.25, 0.3) is 0 Å². The Labute approximate surface area is 91.2 Å². The highest BCUT2D eigenvalue weighted by Crippen LogP contribution is 2.20. The molecule has 0 fully saturated rings. The number of nitriles is 1. The van der Waals surface area contributed by atoms with Crippen LogP contribution in [0, 0.1) is 16.7 Å². The first-order valence-electron chi connectivity index (χ1n) is 5.07. The van der Waals surface area contributed by atoms with Gasteiger partial charge in [-0.3, -0.25) is 4.79 Å². The highest BCUT2D eigenvalue weighted by atomic mass is 16.5. The zero-order chi connectivity index (χ0) is 11.7. The van der Waals surface area contributed by atoms with Gasteiger partial charge in [-0.15, -0.1) is 0 Å². The molecule has 0 aliphatic rings. The van der Waals surface area contributed by atoms with E-state index in [4.69, 9.17) is 14.7 Å². The van der Waals surface area contributed by atoms with E-state index >= 15 is 0 Å². The molecule has 15 heavy (non-hydrogen) atoms. The fraction of sp³-hybridized carbons (Fsp3) is 0.818. The molecule has 0 rings (SSSR count). The van der Waals surface area contributed by atoms with E-state index in [9.17, 15) is 4.79 Å². The third-order valence-corrected chi connectivity index (χ3v) is 2.01. The highest BCUT2D eigenvalue weighted by Gasteiger charge is 2.18. The molecular weight excluding hydrogens is 194 g/mol. The zero-order valence-electron chi connectivity index (χ0n) is 9.71. The molecule has 0 bridgehead atoms. The van der Waals surface area contributed by atoms with Crippen LogP contribution in [-0.2, 0) is 14.3 Å². The van der Waals surface area contributed by atoms with Crippen LogP contribution >= 0.6 is 0 Å². The molecule has 0 aromatic rings. The summed E-state index contributed by atoms with van der Waals surface area (Å²) in [6.45, 7) is 4.60. The maximum atomic E-state index is 11.2. The van der Waals surface area contributed by atoms with Crippen LogP contribution < -0.4 is 0 Å². The van der Waals surface area contributed by atoms with E-state index in [2.05, 4.69) is 6.07 Å². The topological polar surface area (TPSA) is 59.3 Å². The number of carbonyl (C=O) groups excluding carboxylic acids is 1. The van der Waals surface area contributed by atoms with Gasteiger partial charge in [0.1, 0.15) is 0 Å². The van der Waals surface area contributed by atoms with Crippen molar-refractivity contribution in [2.45, 2.75) is 33.1 Å². The van der Waals surface area contributed by atoms with Gasteiger partial charge in [-0.05, 0) is 20.3 Å². The van der Waals surface area contributed by atoms with E-state index < -0.39 is 5.41 Å². The van der Waals surface area contributed by atoms with Gasteiger partial charge in [-0.1, -0.05) is 0 Å². The SMILES string of the molecule is COCCCOC(=O)CCC(C)(C)C#N. The molecule has 4 nitrogen and oxygen atoms in total. The van der Waals surface area contributed by atoms with E-state index in [1.165, 1.54) is 0 Å². The van der Waals surface area contributed by atoms with Crippen molar-refractivity contribution in [2.24, 2.45) is 5.41 Å². The van der Waals surface area contributed by atoms with Crippen LogP contribution in [0.4, 0.5) is 0 Å². The van der Waals surface area contributed by atoms with E-state index in [1.54, 1.807) is 7.11 Å². The minimum absolute atomic E-state index is 0.241. The minimum Gasteiger partial charge on any atom is -0.466 e. The second-order valence-corrected chi connectivity index (χ2v) is 4.06. The molecule has 0 saturated carbocycles. The summed E-state index contributed by atoms with van der Waals surface area (Å²) in [7, 11) is 1.61. The summed E-state index contributed by atoms with van der Waals surface area (Å²) in [5, 5.41) is 8.73. The summed E-state index contributed by atoms with van der Waals surface area (Å²) in [6.07, 6.45) is 1.55. The summed E-state index contributed by atoms with van der Waals surface area (Å²) >= 11 is 0. The molecule has 0 N–H and O–H groups in total. The van der Waals surface area contributed by atoms with Gasteiger partial charge in [0.15, 0.2) is 0 Å². The molecule has 0 aromatic carbocycles. The van der Waals surface area contributed by atoms with Crippen molar-refractivity contribution in [2.75, 3.05) is 20.3 Å². The molecule has 0 aliphatic heterocycles. The average Bonchev–Trinajstić information content (AvgIpc) is 2.22. The van der Waals surface area contributed by atoms with Gasteiger partial charge >= 0.3 is 5.97 Å². The number of methoxy groups -OCH3 is 1. The van der Waals surface area contributed by atoms with Crippen LogP contribution in [-0.4, -0.2) is 26.3 Å². The molecule has 0 amide bonds. The highest BCUT2D eigenvalue weighted by molar-refractivity contribution is 5.69. The second-order valence-electron chi connectivity index (χ2n) is 4.06. The Morgan fingerprint density at radius 2 is 2.07 bits per heavy atom. The summed E-state index contributed by atoms with van der Waals surface area (Å²) < 4.78 is 9.78. The van der Waals surface area contributed by atoms with E-state index in [1.807, 2.05) is 13.8 Å². The van der Waals surface area contributed by atoms with Gasteiger partial charge in [-0.25, -0.2) is 0 Å². The van der Waals surface area contributed by atoms with Crippen LogP contribution in [0.15, 0.2) is 0 Å². The second kappa shape index (κ2) is 7.24. The quantitative estimate of drug-likeness (QED) is 0.478. The zero-order valence-corrected chi connectivity index (χ0v) is 9.71. The first-order chi connectivity index (χ1) is 7.02. The van der Waals surface area contributed by atoms with Crippen molar-refractivity contribution in [3.8, 4) is 6.07 Å². The molecule has 0 atom stereocenters. The maximum absolute atomic E-state index is 11.2. The minimum atomic E-state index is -0.453. The molecule has 0 aliphatic carbocycles. The Morgan fingerprint density at radius 3 is 2.60 bits per heavy atom. The lowest BCUT2D eigenvalue weighted by Crippen LogP contribution is -2.13. The Balaban J connectivity index is 3.55. The molecule has 0 saturated heterocycles. The van der Waals surface area contributed by atoms with Gasteiger partial charge in [0.05, 0.1) is 18.1 Å². The molecular formula is C11H19NO3. The molecule has 86 valence electrons. The maximum Gasteiger partial charge on any atom is 0.305 e. The largest absolute Gasteiger partial charge is 0.466 e. The number of carbonyl (C=O) groups is 1. The van der Waals surface area contributed by atoms with Crippen molar-refractivity contribution >= 4 is 5.97 Å². The van der Waals surface area contributed by atoms with Gasteiger partial charge in [0.2, 0.25) is 0 Å². The molecule has 4 heteroatoms. The fourth-order valence-corrected chi connectivity index (χ4v) is 0.932. The van der Waals surface area contributed by atoms with E-state index in [-0.39, 0.29) is 5.97 Å². The lowest BCUT2D eigenvalue weighted by atomic mass is 9.90.